The Kier molecular flexibility index (Phi) is 4.39. The molecule has 0 amide bonds. The van der Waals surface area contributed by atoms with Gasteiger partial charge in [-0.15, -0.1) is 0 Å². The molecular weight excluding hydrogens is 208 g/mol. The second-order valence-electron chi connectivity index (χ2n) is 3.97. The van der Waals surface area contributed by atoms with Crippen molar-refractivity contribution in [2.75, 3.05) is 0 Å². The largest absolute Gasteiger partial charge is 0.301 e. The number of hydrogen-bond donors (Lipinski definition) is 1. The minimum atomic E-state index is -0.0560. The number of rotatable bonds is 4. The molecule has 0 aliphatic carbocycles. The molecule has 0 aliphatic rings. The predicted molar refractivity (Wildman–Crippen MR) is 64.6 cm³/mol. The van der Waals surface area contributed by atoms with E-state index in [1.165, 1.54) is 0 Å². The molecule has 84 valence electrons. The van der Waals surface area contributed by atoms with Gasteiger partial charge in [-0.2, -0.15) is 0 Å². The minimum Gasteiger partial charge on any atom is -0.301 e. The number of hydrogen-bond acceptors (Lipinski definition) is 3. The quantitative estimate of drug-likeness (QED) is 0.634. The van der Waals surface area contributed by atoms with Gasteiger partial charge in [-0.1, -0.05) is 39.5 Å². The fourth-order valence-electron chi connectivity index (χ4n) is 1.08. The SMILES string of the molecule is CC[C@H](C)Sc1nc(C(C)C)cc(=O)[nH]1. The van der Waals surface area contributed by atoms with Crippen LogP contribution in [0.5, 0.6) is 0 Å². The Morgan fingerprint density at radius 2 is 2.13 bits per heavy atom. The Labute approximate surface area is 94.7 Å². The first-order valence-corrected chi connectivity index (χ1v) is 6.18. The van der Waals surface area contributed by atoms with Gasteiger partial charge in [-0.25, -0.2) is 4.98 Å². The Bertz CT molecular complexity index is 373. The molecule has 0 unspecified atom stereocenters. The van der Waals surface area contributed by atoms with Crippen LogP contribution in [0.4, 0.5) is 0 Å². The first-order valence-electron chi connectivity index (χ1n) is 5.30. The van der Waals surface area contributed by atoms with Crippen LogP contribution in [0.1, 0.15) is 45.7 Å². The van der Waals surface area contributed by atoms with Crippen molar-refractivity contribution in [2.45, 2.75) is 50.4 Å². The van der Waals surface area contributed by atoms with Crippen LogP contribution in [0.25, 0.3) is 0 Å². The second kappa shape index (κ2) is 5.35. The highest BCUT2D eigenvalue weighted by atomic mass is 32.2. The van der Waals surface area contributed by atoms with E-state index in [1.54, 1.807) is 17.8 Å². The summed E-state index contributed by atoms with van der Waals surface area (Å²) in [5.41, 5.74) is 0.809. The average molecular weight is 226 g/mol. The zero-order valence-electron chi connectivity index (χ0n) is 9.70. The van der Waals surface area contributed by atoms with Gasteiger partial charge in [0, 0.05) is 11.3 Å². The van der Waals surface area contributed by atoms with E-state index in [0.717, 1.165) is 17.3 Å². The summed E-state index contributed by atoms with van der Waals surface area (Å²) >= 11 is 1.62. The summed E-state index contributed by atoms with van der Waals surface area (Å²) in [6.07, 6.45) is 1.07. The van der Waals surface area contributed by atoms with Crippen LogP contribution >= 0.6 is 11.8 Å². The molecule has 1 atom stereocenters. The Morgan fingerprint density at radius 3 is 2.67 bits per heavy atom. The lowest BCUT2D eigenvalue weighted by molar-refractivity contribution is 0.766. The van der Waals surface area contributed by atoms with Gasteiger partial charge in [-0.3, -0.25) is 4.79 Å². The third kappa shape index (κ3) is 3.70. The van der Waals surface area contributed by atoms with Gasteiger partial charge in [0.1, 0.15) is 0 Å². The molecule has 3 nitrogen and oxygen atoms in total. The van der Waals surface area contributed by atoms with Gasteiger partial charge < -0.3 is 4.98 Å². The maximum Gasteiger partial charge on any atom is 0.251 e. The van der Waals surface area contributed by atoms with E-state index in [2.05, 4.69) is 23.8 Å². The summed E-state index contributed by atoms with van der Waals surface area (Å²) in [6.45, 7) is 8.34. The lowest BCUT2D eigenvalue weighted by Gasteiger charge is -2.09. The number of H-pyrrole nitrogens is 1. The van der Waals surface area contributed by atoms with Gasteiger partial charge in [0.2, 0.25) is 0 Å². The Morgan fingerprint density at radius 1 is 1.47 bits per heavy atom. The standard InChI is InChI=1S/C11H18N2OS/c1-5-8(4)15-11-12-9(7(2)3)6-10(14)13-11/h6-8H,5H2,1-4H3,(H,12,13,14)/t8-/m0/s1. The molecule has 0 aliphatic heterocycles. The summed E-state index contributed by atoms with van der Waals surface area (Å²) in [4.78, 5) is 18.6. The number of nitrogens with zero attached hydrogens (tertiary/aromatic N) is 1. The summed E-state index contributed by atoms with van der Waals surface area (Å²) < 4.78 is 0. The summed E-state index contributed by atoms with van der Waals surface area (Å²) in [5.74, 6) is 0.295. The topological polar surface area (TPSA) is 45.8 Å². The van der Waals surface area contributed by atoms with Gasteiger partial charge in [0.05, 0.1) is 5.69 Å². The third-order valence-electron chi connectivity index (χ3n) is 2.22. The maximum absolute atomic E-state index is 11.4. The summed E-state index contributed by atoms with van der Waals surface area (Å²) in [6, 6.07) is 1.57. The van der Waals surface area contributed by atoms with Crippen LogP contribution in [0.2, 0.25) is 0 Å². The molecule has 1 rings (SSSR count). The van der Waals surface area contributed by atoms with Crippen molar-refractivity contribution in [3.05, 3.63) is 22.1 Å². The molecule has 1 aromatic heterocycles. The van der Waals surface area contributed by atoms with E-state index in [4.69, 9.17) is 0 Å². The van der Waals surface area contributed by atoms with Crippen LogP contribution < -0.4 is 5.56 Å². The predicted octanol–water partition coefficient (Wildman–Crippen LogP) is 2.78. The Hall–Kier alpha value is -0.770. The van der Waals surface area contributed by atoms with Crippen LogP contribution in [-0.4, -0.2) is 15.2 Å². The van der Waals surface area contributed by atoms with Crippen molar-refractivity contribution >= 4 is 11.8 Å². The van der Waals surface area contributed by atoms with E-state index in [0.29, 0.717) is 11.2 Å². The summed E-state index contributed by atoms with van der Waals surface area (Å²) in [7, 11) is 0. The van der Waals surface area contributed by atoms with Crippen molar-refractivity contribution in [1.29, 1.82) is 0 Å². The molecule has 0 radical (unpaired) electrons. The molecule has 1 N–H and O–H groups in total. The monoisotopic (exact) mass is 226 g/mol. The fraction of sp³-hybridized carbons (Fsp3) is 0.636. The molecule has 1 aromatic rings. The van der Waals surface area contributed by atoms with E-state index < -0.39 is 0 Å². The molecule has 1 heterocycles. The highest BCUT2D eigenvalue weighted by Gasteiger charge is 2.08. The zero-order chi connectivity index (χ0) is 11.4. The molecule has 0 aromatic carbocycles. The van der Waals surface area contributed by atoms with Crippen LogP contribution in [0.15, 0.2) is 16.0 Å². The minimum absolute atomic E-state index is 0.0560. The van der Waals surface area contributed by atoms with E-state index in [9.17, 15) is 4.79 Å². The van der Waals surface area contributed by atoms with Crippen molar-refractivity contribution in [3.8, 4) is 0 Å². The number of thioether (sulfide) groups is 1. The van der Waals surface area contributed by atoms with Crippen molar-refractivity contribution < 1.29 is 0 Å². The molecule has 15 heavy (non-hydrogen) atoms. The van der Waals surface area contributed by atoms with Crippen LogP contribution in [0.3, 0.4) is 0 Å². The number of aromatic nitrogens is 2. The normalized spacial score (nSPS) is 13.1. The zero-order valence-corrected chi connectivity index (χ0v) is 10.5. The van der Waals surface area contributed by atoms with Gasteiger partial charge >= 0.3 is 0 Å². The third-order valence-corrected chi connectivity index (χ3v) is 3.37. The average Bonchev–Trinajstić information content (AvgIpc) is 2.16. The van der Waals surface area contributed by atoms with Crippen LogP contribution in [0, 0.1) is 0 Å². The summed E-state index contributed by atoms with van der Waals surface area (Å²) in [5, 5.41) is 1.22. The van der Waals surface area contributed by atoms with E-state index in [1.807, 2.05) is 13.8 Å². The number of nitrogens with one attached hydrogen (secondary N) is 1. The smallest absolute Gasteiger partial charge is 0.251 e. The number of aromatic amines is 1. The molecule has 0 bridgehead atoms. The van der Waals surface area contributed by atoms with Gasteiger partial charge in [0.25, 0.3) is 5.56 Å². The molecule has 0 saturated carbocycles. The van der Waals surface area contributed by atoms with Crippen molar-refractivity contribution in [2.24, 2.45) is 0 Å². The molecule has 0 fully saturated rings. The lowest BCUT2D eigenvalue weighted by atomic mass is 10.1. The maximum atomic E-state index is 11.4. The first kappa shape index (κ1) is 12.3. The highest BCUT2D eigenvalue weighted by molar-refractivity contribution is 7.99. The van der Waals surface area contributed by atoms with E-state index in [-0.39, 0.29) is 5.56 Å². The lowest BCUT2D eigenvalue weighted by Crippen LogP contribution is -2.11. The van der Waals surface area contributed by atoms with E-state index >= 15 is 0 Å². The van der Waals surface area contributed by atoms with Crippen molar-refractivity contribution in [1.82, 2.24) is 9.97 Å². The van der Waals surface area contributed by atoms with Gasteiger partial charge in [-0.05, 0) is 12.3 Å². The highest BCUT2D eigenvalue weighted by Crippen LogP contribution is 2.21. The molecule has 0 saturated heterocycles. The first-order chi connectivity index (χ1) is 7.02. The molecule has 0 spiro atoms. The fourth-order valence-corrected chi connectivity index (χ4v) is 1.94. The second-order valence-corrected chi connectivity index (χ2v) is 5.39. The Balaban J connectivity index is 2.94. The van der Waals surface area contributed by atoms with Gasteiger partial charge in [0.15, 0.2) is 5.16 Å². The molecular formula is C11H18N2OS. The van der Waals surface area contributed by atoms with Crippen LogP contribution in [-0.2, 0) is 0 Å². The molecule has 4 heteroatoms. The van der Waals surface area contributed by atoms with Crippen molar-refractivity contribution in [3.63, 3.8) is 0 Å².